The highest BCUT2D eigenvalue weighted by atomic mass is 16.5. The third-order valence-electron chi connectivity index (χ3n) is 6.10. The summed E-state index contributed by atoms with van der Waals surface area (Å²) in [5.74, 6) is -2.95. The number of carbonyl (C=O) groups excluding carboxylic acids is 4. The molecule has 2 aliphatic carbocycles. The minimum Gasteiger partial charge on any atom is -0.507 e. The lowest BCUT2D eigenvalue weighted by molar-refractivity contribution is -0.137. The molecule has 2 aromatic carbocycles. The number of ether oxygens (including phenoxy) is 1. The number of hydrogen-bond donors (Lipinski definition) is 1. The van der Waals surface area contributed by atoms with Crippen LogP contribution in [-0.4, -0.2) is 35.5 Å². The normalized spacial score (nSPS) is 19.5. The fourth-order valence-electron chi connectivity index (χ4n) is 4.49. The van der Waals surface area contributed by atoms with Crippen molar-refractivity contribution in [2.45, 2.75) is 20.3 Å². The van der Waals surface area contributed by atoms with Crippen molar-refractivity contribution in [1.82, 2.24) is 0 Å². The number of Topliss-reactive ketones (excluding diaryl/α,β-unsaturated/α-hetero) is 2. The van der Waals surface area contributed by atoms with E-state index in [-0.39, 0.29) is 39.8 Å². The zero-order valence-electron chi connectivity index (χ0n) is 18.5. The zero-order valence-corrected chi connectivity index (χ0v) is 18.5. The molecule has 6 heteroatoms. The molecular formula is C27H22O6. The third kappa shape index (κ3) is 3.26. The van der Waals surface area contributed by atoms with Gasteiger partial charge in [0.1, 0.15) is 11.2 Å². The van der Waals surface area contributed by atoms with Crippen LogP contribution in [0.2, 0.25) is 0 Å². The third-order valence-corrected chi connectivity index (χ3v) is 6.10. The monoisotopic (exact) mass is 442 g/mol. The summed E-state index contributed by atoms with van der Waals surface area (Å²) in [5, 5.41) is 11.2. The van der Waals surface area contributed by atoms with Crippen LogP contribution in [0.15, 0.2) is 77.4 Å². The summed E-state index contributed by atoms with van der Waals surface area (Å²) in [6, 6.07) is 12.6. The number of benzene rings is 2. The van der Waals surface area contributed by atoms with Crippen LogP contribution in [0.3, 0.4) is 0 Å². The highest BCUT2D eigenvalue weighted by Crippen LogP contribution is 2.51. The molecule has 0 heterocycles. The predicted molar refractivity (Wildman–Crippen MR) is 122 cm³/mol. The molecule has 4 rings (SSSR count). The Labute approximate surface area is 190 Å². The van der Waals surface area contributed by atoms with Gasteiger partial charge in [0.2, 0.25) is 0 Å². The molecule has 166 valence electrons. The van der Waals surface area contributed by atoms with Gasteiger partial charge in [0.15, 0.2) is 17.3 Å². The van der Waals surface area contributed by atoms with E-state index >= 15 is 0 Å². The molecule has 2 aromatic rings. The molecule has 0 spiro atoms. The van der Waals surface area contributed by atoms with Gasteiger partial charge in [-0.15, -0.1) is 0 Å². The minimum atomic E-state index is -1.93. The van der Waals surface area contributed by atoms with Crippen molar-refractivity contribution in [2.75, 3.05) is 7.11 Å². The first-order chi connectivity index (χ1) is 15.7. The van der Waals surface area contributed by atoms with E-state index in [1.165, 1.54) is 24.3 Å². The SMILES string of the molecule is COC(=O)C1=C(O)c2ccccc2C(=O)C1(CC=C(C)C)C1=CC(=O)c2ccccc2C1=O. The summed E-state index contributed by atoms with van der Waals surface area (Å²) >= 11 is 0. The smallest absolute Gasteiger partial charge is 0.338 e. The van der Waals surface area contributed by atoms with E-state index in [0.29, 0.717) is 0 Å². The molecule has 0 saturated heterocycles. The molecule has 0 bridgehead atoms. The number of allylic oxidation sites excluding steroid dienone is 4. The Morgan fingerprint density at radius 2 is 1.52 bits per heavy atom. The Hall–Kier alpha value is -4.06. The number of methoxy groups -OCH3 is 1. The van der Waals surface area contributed by atoms with Crippen molar-refractivity contribution in [3.05, 3.63) is 99.7 Å². The fraction of sp³-hybridized carbons (Fsp3) is 0.185. The molecule has 0 aliphatic heterocycles. The maximum absolute atomic E-state index is 14.1. The summed E-state index contributed by atoms with van der Waals surface area (Å²) in [7, 11) is 1.14. The van der Waals surface area contributed by atoms with Gasteiger partial charge in [0.05, 0.1) is 12.7 Å². The molecule has 1 unspecified atom stereocenters. The average molecular weight is 442 g/mol. The first-order valence-electron chi connectivity index (χ1n) is 10.4. The number of ketones is 3. The maximum atomic E-state index is 14.1. The van der Waals surface area contributed by atoms with Crippen LogP contribution in [0.1, 0.15) is 56.9 Å². The number of hydrogen-bond acceptors (Lipinski definition) is 6. The first kappa shape index (κ1) is 22.1. The van der Waals surface area contributed by atoms with E-state index in [2.05, 4.69) is 0 Å². The van der Waals surface area contributed by atoms with Crippen molar-refractivity contribution in [3.8, 4) is 0 Å². The number of carbonyl (C=O) groups is 4. The average Bonchev–Trinajstić information content (AvgIpc) is 2.82. The molecule has 0 radical (unpaired) electrons. The molecule has 6 nitrogen and oxygen atoms in total. The van der Waals surface area contributed by atoms with Gasteiger partial charge in [-0.2, -0.15) is 0 Å². The number of aliphatic hydroxyl groups is 1. The first-order valence-corrected chi connectivity index (χ1v) is 10.4. The standard InChI is InChI=1S/C27H22O6/c1-15(2)12-13-27(20-14-21(28)16-8-4-5-9-17(16)23(20)29)22(26(32)33-3)24(30)18-10-6-7-11-19(18)25(27)31/h4-12,14,30H,13H2,1-3H3. The second kappa shape index (κ2) is 8.13. The number of rotatable bonds is 4. The van der Waals surface area contributed by atoms with E-state index < -0.39 is 34.5 Å². The summed E-state index contributed by atoms with van der Waals surface area (Å²) in [5.41, 5.74) is -0.903. The lowest BCUT2D eigenvalue weighted by atomic mass is 9.60. The molecule has 0 fully saturated rings. The molecule has 1 N–H and O–H groups in total. The van der Waals surface area contributed by atoms with Gasteiger partial charge in [0, 0.05) is 27.8 Å². The number of aliphatic hydroxyl groups excluding tert-OH is 1. The van der Waals surface area contributed by atoms with Crippen LogP contribution >= 0.6 is 0 Å². The second-order valence-electron chi connectivity index (χ2n) is 8.28. The fourth-order valence-corrected chi connectivity index (χ4v) is 4.49. The van der Waals surface area contributed by atoms with Gasteiger partial charge in [-0.1, -0.05) is 60.2 Å². The predicted octanol–water partition coefficient (Wildman–Crippen LogP) is 4.67. The Morgan fingerprint density at radius 3 is 2.12 bits per heavy atom. The van der Waals surface area contributed by atoms with Gasteiger partial charge in [-0.05, 0) is 26.3 Å². The van der Waals surface area contributed by atoms with Crippen LogP contribution in [0, 0.1) is 5.41 Å². The van der Waals surface area contributed by atoms with Crippen molar-refractivity contribution in [2.24, 2.45) is 5.41 Å². The second-order valence-corrected chi connectivity index (χ2v) is 8.28. The number of fused-ring (bicyclic) bond motifs is 2. The summed E-state index contributed by atoms with van der Waals surface area (Å²) < 4.78 is 4.95. The van der Waals surface area contributed by atoms with Gasteiger partial charge < -0.3 is 9.84 Å². The van der Waals surface area contributed by atoms with Crippen LogP contribution < -0.4 is 0 Å². The Balaban J connectivity index is 2.11. The Morgan fingerprint density at radius 1 is 0.939 bits per heavy atom. The molecule has 0 amide bonds. The number of esters is 1. The summed E-state index contributed by atoms with van der Waals surface area (Å²) in [6.45, 7) is 3.63. The van der Waals surface area contributed by atoms with E-state index in [4.69, 9.17) is 4.74 Å². The quantitative estimate of drug-likeness (QED) is 0.546. The van der Waals surface area contributed by atoms with Crippen molar-refractivity contribution >= 4 is 29.1 Å². The van der Waals surface area contributed by atoms with Crippen molar-refractivity contribution in [3.63, 3.8) is 0 Å². The molecular weight excluding hydrogens is 420 g/mol. The lowest BCUT2D eigenvalue weighted by Gasteiger charge is -2.39. The largest absolute Gasteiger partial charge is 0.507 e. The van der Waals surface area contributed by atoms with Crippen LogP contribution in [-0.2, 0) is 9.53 Å². The topological polar surface area (TPSA) is 97.7 Å². The van der Waals surface area contributed by atoms with E-state index in [9.17, 15) is 24.3 Å². The van der Waals surface area contributed by atoms with Crippen molar-refractivity contribution in [1.29, 1.82) is 0 Å². The molecule has 0 aromatic heterocycles. The van der Waals surface area contributed by atoms with Gasteiger partial charge in [-0.3, -0.25) is 14.4 Å². The Kier molecular flexibility index (Phi) is 5.46. The molecule has 33 heavy (non-hydrogen) atoms. The van der Waals surface area contributed by atoms with Crippen molar-refractivity contribution < 1.29 is 29.0 Å². The van der Waals surface area contributed by atoms with E-state index in [0.717, 1.165) is 18.8 Å². The van der Waals surface area contributed by atoms with Gasteiger partial charge in [0.25, 0.3) is 0 Å². The van der Waals surface area contributed by atoms with Crippen LogP contribution in [0.5, 0.6) is 0 Å². The summed E-state index contributed by atoms with van der Waals surface area (Å²) in [4.78, 5) is 53.8. The van der Waals surface area contributed by atoms with Gasteiger partial charge >= 0.3 is 5.97 Å². The van der Waals surface area contributed by atoms with E-state index in [1.807, 2.05) is 13.8 Å². The lowest BCUT2D eigenvalue weighted by Crippen LogP contribution is -2.45. The summed E-state index contributed by atoms with van der Waals surface area (Å²) in [6.07, 6.45) is 2.72. The molecule has 0 saturated carbocycles. The molecule has 2 aliphatic rings. The van der Waals surface area contributed by atoms with Crippen LogP contribution in [0.25, 0.3) is 5.76 Å². The molecule has 1 atom stereocenters. The minimum absolute atomic E-state index is 0.107. The maximum Gasteiger partial charge on any atom is 0.338 e. The van der Waals surface area contributed by atoms with Gasteiger partial charge in [-0.25, -0.2) is 4.79 Å². The highest BCUT2D eigenvalue weighted by Gasteiger charge is 2.56. The van der Waals surface area contributed by atoms with E-state index in [1.54, 1.807) is 30.3 Å². The Bertz CT molecular complexity index is 1320. The van der Waals surface area contributed by atoms with Crippen LogP contribution in [0.4, 0.5) is 0 Å². The highest BCUT2D eigenvalue weighted by molar-refractivity contribution is 6.30. The zero-order chi connectivity index (χ0) is 23.9.